The molecule has 42 heavy (non-hydrogen) atoms. The number of β-amino-alcohol motifs (C(OH)–C–C–N with tert-alkyl or cyclic N) is 1. The van der Waals surface area contributed by atoms with Gasteiger partial charge in [-0.05, 0) is 36.8 Å². The number of hydrogen-bond acceptors (Lipinski definition) is 8. The second kappa shape index (κ2) is 11.6. The Balaban J connectivity index is 1.69. The molecular formula is C24H18ClF8N5O4. The van der Waals surface area contributed by atoms with Gasteiger partial charge in [0.05, 0.1) is 23.6 Å². The molecule has 1 aliphatic heterocycles. The molecule has 4 rings (SSSR count). The topological polar surface area (TPSA) is 109 Å². The van der Waals surface area contributed by atoms with Gasteiger partial charge in [0.15, 0.2) is 11.6 Å². The summed E-state index contributed by atoms with van der Waals surface area (Å²) in [5, 5.41) is 14.8. The molecule has 3 aromatic rings. The zero-order valence-electron chi connectivity index (χ0n) is 20.7. The number of aliphatic hydroxyl groups is 1. The average molecular weight is 628 g/mol. The second-order valence-corrected chi connectivity index (χ2v) is 9.18. The predicted molar refractivity (Wildman–Crippen MR) is 132 cm³/mol. The molecule has 3 N–H and O–H groups in total. The summed E-state index contributed by atoms with van der Waals surface area (Å²) in [7, 11) is 0. The van der Waals surface area contributed by atoms with Gasteiger partial charge >= 0.3 is 18.1 Å². The van der Waals surface area contributed by atoms with Crippen LogP contribution in [0.1, 0.15) is 22.3 Å². The number of amides is 1. The average Bonchev–Trinajstić information content (AvgIpc) is 3.29. The Labute approximate surface area is 236 Å². The van der Waals surface area contributed by atoms with E-state index in [0.717, 1.165) is 24.4 Å². The Bertz CT molecular complexity index is 1430. The fourth-order valence-corrected chi connectivity index (χ4v) is 4.00. The quantitative estimate of drug-likeness (QED) is 0.202. The normalized spacial score (nSPS) is 15.9. The lowest BCUT2D eigenvalue weighted by atomic mass is 10.2. The highest BCUT2D eigenvalue weighted by molar-refractivity contribution is 6.20. The largest absolute Gasteiger partial charge is 0.573 e. The number of aromatic nitrogens is 2. The third kappa shape index (κ3) is 8.00. The van der Waals surface area contributed by atoms with Crippen LogP contribution in [-0.2, 0) is 6.18 Å². The van der Waals surface area contributed by atoms with E-state index in [9.17, 15) is 45.0 Å². The van der Waals surface area contributed by atoms with Crippen molar-refractivity contribution in [2.45, 2.75) is 30.6 Å². The number of alkyl halides is 9. The van der Waals surface area contributed by atoms with E-state index in [2.05, 4.69) is 30.1 Å². The van der Waals surface area contributed by atoms with Crippen LogP contribution in [0, 0.1) is 0 Å². The number of nitrogens with zero attached hydrogens (tertiary/aromatic N) is 3. The van der Waals surface area contributed by atoms with Crippen LogP contribution in [0.4, 0.5) is 58.0 Å². The molecule has 1 aromatic carbocycles. The number of aliphatic hydroxyl groups excluding tert-OH is 1. The van der Waals surface area contributed by atoms with Gasteiger partial charge in [-0.1, -0.05) is 0 Å². The van der Waals surface area contributed by atoms with Crippen molar-refractivity contribution in [2.24, 2.45) is 0 Å². The Kier molecular flexibility index (Phi) is 8.54. The third-order valence-electron chi connectivity index (χ3n) is 5.63. The lowest BCUT2D eigenvalue weighted by Crippen LogP contribution is -2.24. The lowest BCUT2D eigenvalue weighted by molar-refractivity contribution is -0.276. The standard InChI is InChI=1S/C24H18ClF8N5O4/c25-23(29,30)41-15-3-1-13(2-4-15)36-21(40)12-7-17(20(35-8-12)38-6-5-14(39)11-38)37-18-10-34-9-16(22(26,27)28)19(18)42-24(31,32)33/h1-4,7-10,14,37,39H,5-6,11H2,(H,36,40)/t14-/m1/s1. The van der Waals surface area contributed by atoms with Crippen molar-refractivity contribution in [1.29, 1.82) is 0 Å². The van der Waals surface area contributed by atoms with E-state index in [1.165, 1.54) is 17.0 Å². The van der Waals surface area contributed by atoms with Gasteiger partial charge in [-0.25, -0.2) is 4.98 Å². The van der Waals surface area contributed by atoms with Crippen molar-refractivity contribution < 1.29 is 54.5 Å². The molecule has 226 valence electrons. The van der Waals surface area contributed by atoms with Crippen LogP contribution in [0.2, 0.25) is 0 Å². The van der Waals surface area contributed by atoms with E-state index in [4.69, 9.17) is 11.6 Å². The minimum absolute atomic E-state index is 0.00183. The zero-order valence-corrected chi connectivity index (χ0v) is 21.5. The van der Waals surface area contributed by atoms with Gasteiger partial charge in [0.1, 0.15) is 17.0 Å². The van der Waals surface area contributed by atoms with Crippen LogP contribution in [0.3, 0.4) is 0 Å². The summed E-state index contributed by atoms with van der Waals surface area (Å²) in [6.07, 6.45) is -9.34. The number of carbonyl (C=O) groups excluding carboxylic acids is 1. The van der Waals surface area contributed by atoms with Crippen molar-refractivity contribution in [3.05, 3.63) is 60.0 Å². The predicted octanol–water partition coefficient (Wildman–Crippen LogP) is 6.13. The highest BCUT2D eigenvalue weighted by Crippen LogP contribution is 2.44. The highest BCUT2D eigenvalue weighted by atomic mass is 35.5. The summed E-state index contributed by atoms with van der Waals surface area (Å²) >= 11 is 4.71. The molecule has 0 saturated carbocycles. The molecule has 18 heteroatoms. The summed E-state index contributed by atoms with van der Waals surface area (Å²) in [5.41, 5.74) is -6.93. The Morgan fingerprint density at radius 1 is 1.00 bits per heavy atom. The molecule has 1 atom stereocenters. The van der Waals surface area contributed by atoms with E-state index in [0.29, 0.717) is 12.6 Å². The Morgan fingerprint density at radius 2 is 1.69 bits per heavy atom. The molecule has 3 heterocycles. The summed E-state index contributed by atoms with van der Waals surface area (Å²) < 4.78 is 113. The number of halogens is 9. The smallest absolute Gasteiger partial charge is 0.420 e. The lowest BCUT2D eigenvalue weighted by Gasteiger charge is -2.23. The molecule has 0 radical (unpaired) electrons. The van der Waals surface area contributed by atoms with Crippen LogP contribution in [0.5, 0.6) is 11.5 Å². The van der Waals surface area contributed by atoms with Crippen LogP contribution in [0.15, 0.2) is 48.9 Å². The van der Waals surface area contributed by atoms with Crippen molar-refractivity contribution >= 4 is 40.4 Å². The minimum atomic E-state index is -5.50. The van der Waals surface area contributed by atoms with E-state index in [1.54, 1.807) is 0 Å². The number of anilines is 4. The van der Waals surface area contributed by atoms with Crippen molar-refractivity contribution in [1.82, 2.24) is 9.97 Å². The summed E-state index contributed by atoms with van der Waals surface area (Å²) in [6.45, 7) is 0.270. The van der Waals surface area contributed by atoms with Crippen LogP contribution in [-0.4, -0.2) is 52.1 Å². The Hall–Kier alpha value is -4.12. The fraction of sp³-hybridized carbons (Fsp3) is 0.292. The molecule has 0 aliphatic carbocycles. The van der Waals surface area contributed by atoms with E-state index >= 15 is 0 Å². The maximum absolute atomic E-state index is 13.5. The van der Waals surface area contributed by atoms with Crippen LogP contribution in [0.25, 0.3) is 0 Å². The number of pyridine rings is 2. The second-order valence-electron chi connectivity index (χ2n) is 8.74. The molecule has 0 spiro atoms. The number of rotatable bonds is 8. The third-order valence-corrected chi connectivity index (χ3v) is 5.70. The molecule has 1 aliphatic rings. The minimum Gasteiger partial charge on any atom is -0.420 e. The number of benzene rings is 1. The summed E-state index contributed by atoms with van der Waals surface area (Å²) in [6, 6.07) is 5.68. The molecule has 1 saturated heterocycles. The van der Waals surface area contributed by atoms with Gasteiger partial charge in [0, 0.05) is 42.8 Å². The molecule has 0 unspecified atom stereocenters. The van der Waals surface area contributed by atoms with Crippen molar-refractivity contribution in [2.75, 3.05) is 28.6 Å². The van der Waals surface area contributed by atoms with Crippen molar-refractivity contribution in [3.8, 4) is 11.5 Å². The zero-order chi connectivity index (χ0) is 30.9. The SMILES string of the molecule is O=C(Nc1ccc(OC(F)(F)Cl)cc1)c1cnc(N2CC[C@@H](O)C2)c(Nc2cncc(C(F)(F)F)c2OC(F)(F)F)c1. The first-order valence-electron chi connectivity index (χ1n) is 11.7. The van der Waals surface area contributed by atoms with E-state index in [1.807, 2.05) is 0 Å². The number of ether oxygens (including phenoxy) is 2. The maximum atomic E-state index is 13.5. The van der Waals surface area contributed by atoms with Gasteiger partial charge < -0.3 is 30.1 Å². The van der Waals surface area contributed by atoms with Gasteiger partial charge in [0.2, 0.25) is 0 Å². The molecule has 2 aromatic heterocycles. The molecule has 0 bridgehead atoms. The van der Waals surface area contributed by atoms with E-state index < -0.39 is 47.1 Å². The first-order valence-corrected chi connectivity index (χ1v) is 12.0. The highest BCUT2D eigenvalue weighted by Gasteiger charge is 2.41. The summed E-state index contributed by atoms with van der Waals surface area (Å²) in [4.78, 5) is 21.9. The van der Waals surface area contributed by atoms with Crippen LogP contribution < -0.4 is 25.0 Å². The van der Waals surface area contributed by atoms with Gasteiger partial charge in [-0.3, -0.25) is 9.78 Å². The number of nitrogens with one attached hydrogen (secondary N) is 2. The summed E-state index contributed by atoms with van der Waals surface area (Å²) in [5.74, 6) is -2.76. The van der Waals surface area contributed by atoms with Gasteiger partial charge in [0.25, 0.3) is 5.91 Å². The maximum Gasteiger partial charge on any atom is 0.573 e. The fourth-order valence-electron chi connectivity index (χ4n) is 3.91. The Morgan fingerprint density at radius 3 is 2.26 bits per heavy atom. The van der Waals surface area contributed by atoms with Crippen molar-refractivity contribution in [3.63, 3.8) is 0 Å². The van der Waals surface area contributed by atoms with E-state index in [-0.39, 0.29) is 47.8 Å². The van der Waals surface area contributed by atoms with Gasteiger partial charge in [-0.15, -0.1) is 22.0 Å². The molecule has 1 amide bonds. The first kappa shape index (κ1) is 30.8. The van der Waals surface area contributed by atoms with Crippen LogP contribution >= 0.6 is 11.6 Å². The molecule has 9 nitrogen and oxygen atoms in total. The first-order chi connectivity index (χ1) is 19.5. The van der Waals surface area contributed by atoms with Gasteiger partial charge in [-0.2, -0.15) is 13.2 Å². The molecule has 1 fully saturated rings. The number of hydrogen-bond donors (Lipinski definition) is 3. The number of carbonyl (C=O) groups is 1. The molecular weight excluding hydrogens is 610 g/mol. The monoisotopic (exact) mass is 627 g/mol.